The van der Waals surface area contributed by atoms with E-state index in [-0.39, 0.29) is 30.1 Å². The van der Waals surface area contributed by atoms with Crippen LogP contribution in [0.15, 0.2) is 65.5 Å². The number of carbonyl (C=O) groups excluding carboxylic acids is 2. The van der Waals surface area contributed by atoms with E-state index in [0.717, 1.165) is 21.5 Å². The van der Waals surface area contributed by atoms with E-state index in [2.05, 4.69) is 15.7 Å². The zero-order chi connectivity index (χ0) is 20.8. The Balaban J connectivity index is 1.65. The van der Waals surface area contributed by atoms with Gasteiger partial charge in [-0.1, -0.05) is 35.9 Å². The third-order valence-corrected chi connectivity index (χ3v) is 4.38. The van der Waals surface area contributed by atoms with Gasteiger partial charge in [-0.3, -0.25) is 14.4 Å². The molecule has 3 aromatic rings. The van der Waals surface area contributed by atoms with Crippen molar-refractivity contribution in [3.05, 3.63) is 87.8 Å². The molecule has 0 spiro atoms. The van der Waals surface area contributed by atoms with Gasteiger partial charge in [0.15, 0.2) is 0 Å². The first-order valence-electron chi connectivity index (χ1n) is 9.24. The van der Waals surface area contributed by atoms with Crippen molar-refractivity contribution >= 4 is 23.2 Å². The first-order chi connectivity index (χ1) is 13.9. The molecule has 0 aliphatic rings. The fourth-order valence-electron chi connectivity index (χ4n) is 2.70. The van der Waals surface area contributed by atoms with Crippen LogP contribution in [0.25, 0.3) is 0 Å². The quantitative estimate of drug-likeness (QED) is 0.676. The summed E-state index contributed by atoms with van der Waals surface area (Å²) in [5.74, 6) is -0.658. The Morgan fingerprint density at radius 3 is 2.38 bits per heavy atom. The lowest BCUT2D eigenvalue weighted by atomic mass is 10.2. The second kappa shape index (κ2) is 8.97. The smallest absolute Gasteiger partial charge is 0.276 e. The van der Waals surface area contributed by atoms with Crippen molar-refractivity contribution in [2.24, 2.45) is 0 Å². The van der Waals surface area contributed by atoms with Crippen LogP contribution >= 0.6 is 0 Å². The largest absolute Gasteiger partial charge is 0.326 e. The third-order valence-electron chi connectivity index (χ3n) is 4.38. The molecular weight excluding hydrogens is 368 g/mol. The zero-order valence-corrected chi connectivity index (χ0v) is 16.3. The fourth-order valence-corrected chi connectivity index (χ4v) is 2.70. The number of anilines is 2. The Morgan fingerprint density at radius 2 is 1.66 bits per heavy atom. The number of hydrogen-bond acceptors (Lipinski definition) is 4. The molecule has 0 aliphatic carbocycles. The summed E-state index contributed by atoms with van der Waals surface area (Å²) in [6.45, 7) is 3.93. The normalized spacial score (nSPS) is 10.4. The SMILES string of the molecule is Cc1ccc(NC(=O)c2ccc(=O)n(CCC(=O)Nc3ccccc3C)n2)cc1. The van der Waals surface area contributed by atoms with Crippen molar-refractivity contribution in [1.29, 1.82) is 0 Å². The fraction of sp³-hybridized carbons (Fsp3) is 0.182. The lowest BCUT2D eigenvalue weighted by molar-refractivity contribution is -0.116. The molecule has 0 fully saturated rings. The highest BCUT2D eigenvalue weighted by Gasteiger charge is 2.11. The summed E-state index contributed by atoms with van der Waals surface area (Å²) in [6.07, 6.45) is 0.0598. The number of nitrogens with zero attached hydrogens (tertiary/aromatic N) is 2. The second-order valence-electron chi connectivity index (χ2n) is 6.71. The van der Waals surface area contributed by atoms with Gasteiger partial charge in [-0.25, -0.2) is 4.68 Å². The number of amides is 2. The average molecular weight is 390 g/mol. The van der Waals surface area contributed by atoms with Gasteiger partial charge in [0, 0.05) is 23.9 Å². The molecule has 148 valence electrons. The first kappa shape index (κ1) is 20.0. The van der Waals surface area contributed by atoms with Gasteiger partial charge >= 0.3 is 0 Å². The number of carbonyl (C=O) groups is 2. The van der Waals surface area contributed by atoms with E-state index in [9.17, 15) is 14.4 Å². The molecule has 0 bridgehead atoms. The number of rotatable bonds is 6. The summed E-state index contributed by atoms with van der Waals surface area (Å²) >= 11 is 0. The minimum Gasteiger partial charge on any atom is -0.326 e. The number of hydrogen-bond donors (Lipinski definition) is 2. The minimum absolute atomic E-state index is 0.0598. The van der Waals surface area contributed by atoms with E-state index in [1.807, 2.05) is 50.2 Å². The van der Waals surface area contributed by atoms with Gasteiger partial charge in [0.2, 0.25) is 5.91 Å². The van der Waals surface area contributed by atoms with E-state index in [0.29, 0.717) is 5.69 Å². The summed E-state index contributed by atoms with van der Waals surface area (Å²) in [7, 11) is 0. The molecule has 2 N–H and O–H groups in total. The van der Waals surface area contributed by atoms with Crippen molar-refractivity contribution in [3.8, 4) is 0 Å². The number of para-hydroxylation sites is 1. The highest BCUT2D eigenvalue weighted by Crippen LogP contribution is 2.13. The van der Waals surface area contributed by atoms with Gasteiger partial charge < -0.3 is 10.6 Å². The Bertz CT molecular complexity index is 1090. The van der Waals surface area contributed by atoms with Crippen LogP contribution in [0.5, 0.6) is 0 Å². The number of aryl methyl sites for hydroxylation is 3. The van der Waals surface area contributed by atoms with Crippen molar-refractivity contribution in [1.82, 2.24) is 9.78 Å². The standard InChI is InChI=1S/C22H22N4O3/c1-15-7-9-17(10-8-15)23-22(29)19-11-12-21(28)26(25-19)14-13-20(27)24-18-6-4-3-5-16(18)2/h3-12H,13-14H2,1-2H3,(H,23,29)(H,24,27). The molecule has 2 amide bonds. The van der Waals surface area contributed by atoms with Crippen molar-refractivity contribution < 1.29 is 9.59 Å². The molecule has 29 heavy (non-hydrogen) atoms. The molecule has 2 aromatic carbocycles. The van der Waals surface area contributed by atoms with E-state index in [1.165, 1.54) is 12.1 Å². The van der Waals surface area contributed by atoms with Crippen LogP contribution in [0.1, 0.15) is 28.0 Å². The molecule has 1 aromatic heterocycles. The van der Waals surface area contributed by atoms with E-state index >= 15 is 0 Å². The predicted molar refractivity (Wildman–Crippen MR) is 112 cm³/mol. The zero-order valence-electron chi connectivity index (χ0n) is 16.3. The Labute approximate surface area is 168 Å². The lowest BCUT2D eigenvalue weighted by Crippen LogP contribution is -2.28. The topological polar surface area (TPSA) is 93.1 Å². The maximum atomic E-state index is 12.4. The Hall–Kier alpha value is -3.74. The summed E-state index contributed by atoms with van der Waals surface area (Å²) in [6, 6.07) is 17.4. The van der Waals surface area contributed by atoms with E-state index in [1.54, 1.807) is 12.1 Å². The van der Waals surface area contributed by atoms with Crippen LogP contribution in [0.2, 0.25) is 0 Å². The molecule has 0 saturated carbocycles. The second-order valence-corrected chi connectivity index (χ2v) is 6.71. The van der Waals surface area contributed by atoms with Crippen molar-refractivity contribution in [2.75, 3.05) is 10.6 Å². The van der Waals surface area contributed by atoms with Crippen molar-refractivity contribution in [2.45, 2.75) is 26.8 Å². The van der Waals surface area contributed by atoms with Crippen LogP contribution in [-0.2, 0) is 11.3 Å². The van der Waals surface area contributed by atoms with Crippen LogP contribution < -0.4 is 16.2 Å². The van der Waals surface area contributed by atoms with Crippen LogP contribution in [-0.4, -0.2) is 21.6 Å². The summed E-state index contributed by atoms with van der Waals surface area (Å²) in [5, 5.41) is 9.65. The molecule has 7 nitrogen and oxygen atoms in total. The summed E-state index contributed by atoms with van der Waals surface area (Å²) in [5.41, 5.74) is 3.12. The maximum absolute atomic E-state index is 12.4. The number of nitrogens with one attached hydrogen (secondary N) is 2. The molecule has 3 rings (SSSR count). The van der Waals surface area contributed by atoms with Crippen LogP contribution in [0.3, 0.4) is 0 Å². The number of aromatic nitrogens is 2. The van der Waals surface area contributed by atoms with Gasteiger partial charge in [-0.2, -0.15) is 5.10 Å². The highest BCUT2D eigenvalue weighted by molar-refractivity contribution is 6.02. The van der Waals surface area contributed by atoms with E-state index in [4.69, 9.17) is 0 Å². The average Bonchev–Trinajstić information content (AvgIpc) is 2.71. The maximum Gasteiger partial charge on any atom is 0.276 e. The summed E-state index contributed by atoms with van der Waals surface area (Å²) in [4.78, 5) is 36.7. The van der Waals surface area contributed by atoms with Crippen LogP contribution in [0, 0.1) is 13.8 Å². The molecular formula is C22H22N4O3. The highest BCUT2D eigenvalue weighted by atomic mass is 16.2. The molecule has 7 heteroatoms. The first-order valence-corrected chi connectivity index (χ1v) is 9.24. The van der Waals surface area contributed by atoms with Crippen molar-refractivity contribution in [3.63, 3.8) is 0 Å². The molecule has 0 atom stereocenters. The van der Waals surface area contributed by atoms with Gasteiger partial charge in [-0.05, 0) is 43.7 Å². The Morgan fingerprint density at radius 1 is 0.931 bits per heavy atom. The van der Waals surface area contributed by atoms with Gasteiger partial charge in [0.05, 0.1) is 6.54 Å². The molecule has 0 aliphatic heterocycles. The monoisotopic (exact) mass is 390 g/mol. The molecule has 0 unspecified atom stereocenters. The van der Waals surface area contributed by atoms with Gasteiger partial charge in [0.1, 0.15) is 5.69 Å². The summed E-state index contributed by atoms with van der Waals surface area (Å²) < 4.78 is 1.13. The van der Waals surface area contributed by atoms with Gasteiger partial charge in [-0.15, -0.1) is 0 Å². The molecule has 0 saturated heterocycles. The lowest BCUT2D eigenvalue weighted by Gasteiger charge is -2.10. The minimum atomic E-state index is -0.424. The third kappa shape index (κ3) is 5.38. The number of benzene rings is 2. The predicted octanol–water partition coefficient (Wildman–Crippen LogP) is 3.14. The van der Waals surface area contributed by atoms with Gasteiger partial charge in [0.25, 0.3) is 11.5 Å². The molecule has 0 radical (unpaired) electrons. The van der Waals surface area contributed by atoms with Crippen LogP contribution in [0.4, 0.5) is 11.4 Å². The van der Waals surface area contributed by atoms with E-state index < -0.39 is 5.91 Å². The Kier molecular flexibility index (Phi) is 6.19. The molecule has 1 heterocycles.